The number of sulfonamides is 1. The molecule has 2 aromatic rings. The Labute approximate surface area is 126 Å². The lowest BCUT2D eigenvalue weighted by Gasteiger charge is -2.11. The Kier molecular flexibility index (Phi) is 4.66. The van der Waals surface area contributed by atoms with Crippen LogP contribution < -0.4 is 10.5 Å². The molecule has 1 aromatic carbocycles. The lowest BCUT2D eigenvalue weighted by Crippen LogP contribution is -2.24. The monoisotopic (exact) mass is 334 g/mol. The number of imidazole rings is 1. The van der Waals surface area contributed by atoms with Gasteiger partial charge in [-0.1, -0.05) is 23.2 Å². The first-order valence-electron chi connectivity index (χ1n) is 5.60. The highest BCUT2D eigenvalue weighted by Crippen LogP contribution is 2.30. The topological polar surface area (TPSA) is 101 Å². The van der Waals surface area contributed by atoms with Crippen molar-refractivity contribution in [3.63, 3.8) is 0 Å². The molecule has 1 heterocycles. The lowest BCUT2D eigenvalue weighted by molar-refractivity contribution is 0.579. The van der Waals surface area contributed by atoms with Gasteiger partial charge in [-0.15, -0.1) is 0 Å². The molecule has 0 aliphatic rings. The summed E-state index contributed by atoms with van der Waals surface area (Å²) >= 11 is 12.0. The maximum atomic E-state index is 12.2. The smallest absolute Gasteiger partial charge is 0.242 e. The van der Waals surface area contributed by atoms with Gasteiger partial charge in [0.05, 0.1) is 11.6 Å². The maximum Gasteiger partial charge on any atom is 0.242 e. The molecular formula is C11H12Cl2N4O2S. The number of nitrogens with zero attached hydrogens (tertiary/aromatic N) is 1. The Hall–Kier alpha value is -1.12. The average Bonchev–Trinajstić information content (AvgIpc) is 2.90. The molecule has 1 aromatic heterocycles. The van der Waals surface area contributed by atoms with E-state index in [0.717, 1.165) is 0 Å². The van der Waals surface area contributed by atoms with E-state index >= 15 is 0 Å². The number of H-pyrrole nitrogens is 1. The molecule has 0 spiro atoms. The van der Waals surface area contributed by atoms with Crippen LogP contribution in [0.1, 0.15) is 11.4 Å². The normalized spacial score (nSPS) is 11.8. The molecule has 0 atom stereocenters. The van der Waals surface area contributed by atoms with Gasteiger partial charge in [-0.3, -0.25) is 0 Å². The summed E-state index contributed by atoms with van der Waals surface area (Å²) in [6.45, 7) is 0.0887. The van der Waals surface area contributed by atoms with Gasteiger partial charge in [0, 0.05) is 29.5 Å². The van der Waals surface area contributed by atoms with Crippen LogP contribution in [0.15, 0.2) is 29.4 Å². The van der Waals surface area contributed by atoms with E-state index in [1.54, 1.807) is 6.20 Å². The Morgan fingerprint density at radius 1 is 1.35 bits per heavy atom. The van der Waals surface area contributed by atoms with Crippen molar-refractivity contribution >= 4 is 33.2 Å². The average molecular weight is 335 g/mol. The third-order valence-corrected chi connectivity index (χ3v) is 4.97. The van der Waals surface area contributed by atoms with Crippen LogP contribution in [0.4, 0.5) is 0 Å². The Morgan fingerprint density at radius 2 is 2.10 bits per heavy atom. The molecule has 0 fully saturated rings. The van der Waals surface area contributed by atoms with Crippen molar-refractivity contribution in [1.82, 2.24) is 14.7 Å². The molecular weight excluding hydrogens is 323 g/mol. The zero-order chi connectivity index (χ0) is 14.8. The molecule has 0 amide bonds. The largest absolute Gasteiger partial charge is 0.347 e. The van der Waals surface area contributed by atoms with E-state index in [1.807, 2.05) is 0 Å². The fourth-order valence-electron chi connectivity index (χ4n) is 1.61. The highest BCUT2D eigenvalue weighted by Gasteiger charge is 2.21. The summed E-state index contributed by atoms with van der Waals surface area (Å²) in [7, 11) is -3.77. The summed E-state index contributed by atoms with van der Waals surface area (Å²) < 4.78 is 26.8. The third kappa shape index (κ3) is 3.13. The van der Waals surface area contributed by atoms with E-state index in [1.165, 1.54) is 18.3 Å². The number of rotatable bonds is 5. The van der Waals surface area contributed by atoms with E-state index in [9.17, 15) is 8.42 Å². The molecule has 4 N–H and O–H groups in total. The van der Waals surface area contributed by atoms with Gasteiger partial charge in [-0.05, 0) is 12.1 Å². The lowest BCUT2D eigenvalue weighted by atomic mass is 10.2. The number of hydrogen-bond donors (Lipinski definition) is 3. The standard InChI is InChI=1S/C11H12Cl2N4O2S/c12-8-1-2-9(11(13)7(8)5-14)20(18,19)17-6-10-15-3-4-16-10/h1-4,17H,5-6,14H2,(H,15,16). The number of nitrogens with one attached hydrogen (secondary N) is 2. The highest BCUT2D eigenvalue weighted by molar-refractivity contribution is 7.89. The van der Waals surface area contributed by atoms with E-state index in [4.69, 9.17) is 28.9 Å². The zero-order valence-corrected chi connectivity index (χ0v) is 12.6. The maximum absolute atomic E-state index is 12.2. The first kappa shape index (κ1) is 15.3. The highest BCUT2D eigenvalue weighted by atomic mass is 35.5. The van der Waals surface area contributed by atoms with Crippen LogP contribution >= 0.6 is 23.2 Å². The second-order valence-corrected chi connectivity index (χ2v) is 6.42. The quantitative estimate of drug-likeness (QED) is 0.773. The number of nitrogens with two attached hydrogens (primary N) is 1. The number of aromatic amines is 1. The van der Waals surface area contributed by atoms with Gasteiger partial charge in [0.25, 0.3) is 0 Å². The van der Waals surface area contributed by atoms with Gasteiger partial charge in [-0.25, -0.2) is 18.1 Å². The fourth-order valence-corrected chi connectivity index (χ4v) is 3.52. The zero-order valence-electron chi connectivity index (χ0n) is 10.2. The molecule has 0 aliphatic carbocycles. The van der Waals surface area contributed by atoms with E-state index in [2.05, 4.69) is 14.7 Å². The molecule has 6 nitrogen and oxygen atoms in total. The molecule has 9 heteroatoms. The van der Waals surface area contributed by atoms with Crippen LogP contribution in [0.3, 0.4) is 0 Å². The molecule has 2 rings (SSSR count). The second kappa shape index (κ2) is 6.11. The predicted octanol–water partition coefficient (Wildman–Crippen LogP) is 1.65. The Bertz CT molecular complexity index is 701. The van der Waals surface area contributed by atoms with Gasteiger partial charge in [0.15, 0.2) is 0 Å². The minimum absolute atomic E-state index is 0.0340. The van der Waals surface area contributed by atoms with E-state index < -0.39 is 10.0 Å². The summed E-state index contributed by atoms with van der Waals surface area (Å²) in [4.78, 5) is 6.66. The second-order valence-electron chi connectivity index (χ2n) is 3.90. The molecule has 0 saturated heterocycles. The molecule has 0 saturated carbocycles. The molecule has 108 valence electrons. The summed E-state index contributed by atoms with van der Waals surface area (Å²) in [5.74, 6) is 0.498. The molecule has 20 heavy (non-hydrogen) atoms. The van der Waals surface area contributed by atoms with Crippen molar-refractivity contribution in [2.75, 3.05) is 0 Å². The van der Waals surface area contributed by atoms with Crippen molar-refractivity contribution in [3.05, 3.63) is 46.0 Å². The van der Waals surface area contributed by atoms with Crippen molar-refractivity contribution < 1.29 is 8.42 Å². The first-order valence-corrected chi connectivity index (χ1v) is 7.84. The van der Waals surface area contributed by atoms with Crippen molar-refractivity contribution in [1.29, 1.82) is 0 Å². The van der Waals surface area contributed by atoms with Crippen LogP contribution in [-0.4, -0.2) is 18.4 Å². The Balaban J connectivity index is 2.30. The van der Waals surface area contributed by atoms with Crippen LogP contribution in [-0.2, 0) is 23.1 Å². The molecule has 0 radical (unpaired) electrons. The van der Waals surface area contributed by atoms with E-state index in [0.29, 0.717) is 16.4 Å². The van der Waals surface area contributed by atoms with Crippen LogP contribution in [0.25, 0.3) is 0 Å². The third-order valence-electron chi connectivity index (χ3n) is 2.63. The predicted molar refractivity (Wildman–Crippen MR) is 77.0 cm³/mol. The summed E-state index contributed by atoms with van der Waals surface area (Å²) in [6.07, 6.45) is 3.14. The van der Waals surface area contributed by atoms with Gasteiger partial charge < -0.3 is 10.7 Å². The summed E-state index contributed by atoms with van der Waals surface area (Å²) in [5, 5.41) is 0.370. The summed E-state index contributed by atoms with van der Waals surface area (Å²) in [6, 6.07) is 2.80. The van der Waals surface area contributed by atoms with Gasteiger partial charge in [0.1, 0.15) is 10.7 Å². The Morgan fingerprint density at radius 3 is 2.70 bits per heavy atom. The number of hydrogen-bond acceptors (Lipinski definition) is 4. The molecule has 0 unspecified atom stereocenters. The van der Waals surface area contributed by atoms with Crippen molar-refractivity contribution in [3.8, 4) is 0 Å². The van der Waals surface area contributed by atoms with Crippen LogP contribution in [0.5, 0.6) is 0 Å². The number of aromatic nitrogens is 2. The fraction of sp³-hybridized carbons (Fsp3) is 0.182. The van der Waals surface area contributed by atoms with Gasteiger partial charge in [0.2, 0.25) is 10.0 Å². The SMILES string of the molecule is NCc1c(Cl)ccc(S(=O)(=O)NCc2ncc[nH]2)c1Cl. The number of halogens is 2. The van der Waals surface area contributed by atoms with Crippen molar-refractivity contribution in [2.45, 2.75) is 18.0 Å². The minimum atomic E-state index is -3.77. The van der Waals surface area contributed by atoms with Gasteiger partial charge >= 0.3 is 0 Å². The van der Waals surface area contributed by atoms with Crippen LogP contribution in [0, 0.1) is 0 Å². The van der Waals surface area contributed by atoms with Gasteiger partial charge in [-0.2, -0.15) is 0 Å². The van der Waals surface area contributed by atoms with Crippen molar-refractivity contribution in [2.24, 2.45) is 5.73 Å². The molecule has 0 aliphatic heterocycles. The minimum Gasteiger partial charge on any atom is -0.347 e. The van der Waals surface area contributed by atoms with Crippen LogP contribution in [0.2, 0.25) is 10.0 Å². The molecule has 0 bridgehead atoms. The number of benzene rings is 1. The van der Waals surface area contributed by atoms with E-state index in [-0.39, 0.29) is 23.0 Å². The summed E-state index contributed by atoms with van der Waals surface area (Å²) in [5.41, 5.74) is 5.91. The first-order chi connectivity index (χ1) is 9.45.